The van der Waals surface area contributed by atoms with Gasteiger partial charge in [0.15, 0.2) is 0 Å². The quantitative estimate of drug-likeness (QED) is 0.833. The first-order valence-electron chi connectivity index (χ1n) is 7.77. The van der Waals surface area contributed by atoms with E-state index in [1.807, 2.05) is 0 Å². The molecule has 2 N–H and O–H groups in total. The summed E-state index contributed by atoms with van der Waals surface area (Å²) < 4.78 is 25.1. The van der Waals surface area contributed by atoms with E-state index in [4.69, 9.17) is 0 Å². The van der Waals surface area contributed by atoms with E-state index in [9.17, 15) is 23.1 Å². The van der Waals surface area contributed by atoms with E-state index in [1.54, 1.807) is 0 Å². The summed E-state index contributed by atoms with van der Waals surface area (Å²) in [5.74, 6) is -1.53. The molecular weight excluding hydrogens is 332 g/mol. The standard InChI is InChI=1S/C16H22N2O5S/c1-18(2)24(22,23)13-8-6-12(7-9-13)14(19)17-16(15(20)21)10-4-3-5-11-16/h6-9H,3-5,10-11H2,1-2H3,(H,17,19)(H,20,21). The van der Waals surface area contributed by atoms with Gasteiger partial charge in [-0.2, -0.15) is 0 Å². The lowest BCUT2D eigenvalue weighted by Gasteiger charge is -2.34. The Kier molecular flexibility index (Phi) is 5.29. The topological polar surface area (TPSA) is 104 Å². The number of benzene rings is 1. The minimum absolute atomic E-state index is 0.0784. The second-order valence-electron chi connectivity index (χ2n) is 6.21. The van der Waals surface area contributed by atoms with Crippen LogP contribution in [0, 0.1) is 0 Å². The van der Waals surface area contributed by atoms with E-state index in [0.717, 1.165) is 23.6 Å². The van der Waals surface area contributed by atoms with Gasteiger partial charge in [0.1, 0.15) is 5.54 Å². The van der Waals surface area contributed by atoms with Crippen molar-refractivity contribution in [2.45, 2.75) is 42.5 Å². The van der Waals surface area contributed by atoms with Gasteiger partial charge in [-0.25, -0.2) is 17.5 Å². The molecule has 24 heavy (non-hydrogen) atoms. The molecule has 0 unspecified atom stereocenters. The van der Waals surface area contributed by atoms with Crippen LogP contribution in [-0.2, 0) is 14.8 Å². The van der Waals surface area contributed by atoms with Gasteiger partial charge in [-0.1, -0.05) is 19.3 Å². The number of carboxylic acid groups (broad SMARTS) is 1. The van der Waals surface area contributed by atoms with Gasteiger partial charge in [0, 0.05) is 19.7 Å². The Balaban J connectivity index is 2.20. The molecule has 1 saturated carbocycles. The molecule has 1 fully saturated rings. The second kappa shape index (κ2) is 6.90. The highest BCUT2D eigenvalue weighted by Gasteiger charge is 2.41. The van der Waals surface area contributed by atoms with Gasteiger partial charge in [0.25, 0.3) is 5.91 Å². The molecule has 1 aliphatic rings. The maximum absolute atomic E-state index is 12.4. The molecule has 7 nitrogen and oxygen atoms in total. The lowest BCUT2D eigenvalue weighted by Crippen LogP contribution is -2.55. The van der Waals surface area contributed by atoms with Gasteiger partial charge in [-0.3, -0.25) is 4.79 Å². The molecule has 1 aromatic rings. The smallest absolute Gasteiger partial charge is 0.329 e. The summed E-state index contributed by atoms with van der Waals surface area (Å²) in [6.45, 7) is 0. The fourth-order valence-corrected chi connectivity index (χ4v) is 3.73. The fourth-order valence-electron chi connectivity index (χ4n) is 2.83. The minimum Gasteiger partial charge on any atom is -0.480 e. The third kappa shape index (κ3) is 3.59. The number of sulfonamides is 1. The second-order valence-corrected chi connectivity index (χ2v) is 8.37. The van der Waals surface area contributed by atoms with Crippen LogP contribution in [0.15, 0.2) is 29.2 Å². The van der Waals surface area contributed by atoms with Crippen LogP contribution < -0.4 is 5.32 Å². The molecule has 0 aromatic heterocycles. The van der Waals surface area contributed by atoms with E-state index in [0.29, 0.717) is 12.8 Å². The average Bonchev–Trinajstić information content (AvgIpc) is 2.55. The van der Waals surface area contributed by atoms with Crippen LogP contribution in [0.4, 0.5) is 0 Å². The van der Waals surface area contributed by atoms with E-state index in [-0.39, 0.29) is 10.5 Å². The van der Waals surface area contributed by atoms with Crippen molar-refractivity contribution < 1.29 is 23.1 Å². The monoisotopic (exact) mass is 354 g/mol. The van der Waals surface area contributed by atoms with Gasteiger partial charge in [0.05, 0.1) is 4.90 Å². The molecule has 1 amide bonds. The first kappa shape index (κ1) is 18.4. The lowest BCUT2D eigenvalue weighted by molar-refractivity contribution is -0.145. The SMILES string of the molecule is CN(C)S(=O)(=O)c1ccc(C(=O)NC2(C(=O)O)CCCCC2)cc1. The Morgan fingerprint density at radius 2 is 1.62 bits per heavy atom. The van der Waals surface area contributed by atoms with Crippen LogP contribution in [0.2, 0.25) is 0 Å². The molecule has 0 radical (unpaired) electrons. The van der Waals surface area contributed by atoms with E-state index < -0.39 is 27.4 Å². The summed E-state index contributed by atoms with van der Waals surface area (Å²) >= 11 is 0. The number of carboxylic acids is 1. The number of rotatable bonds is 5. The van der Waals surface area contributed by atoms with E-state index >= 15 is 0 Å². The third-order valence-corrected chi connectivity index (χ3v) is 6.19. The zero-order valence-electron chi connectivity index (χ0n) is 13.8. The van der Waals surface area contributed by atoms with E-state index in [2.05, 4.69) is 5.32 Å². The fraction of sp³-hybridized carbons (Fsp3) is 0.500. The van der Waals surface area contributed by atoms with Crippen LogP contribution in [0.25, 0.3) is 0 Å². The van der Waals surface area contributed by atoms with Crippen molar-refractivity contribution >= 4 is 21.9 Å². The first-order valence-corrected chi connectivity index (χ1v) is 9.21. The number of hydrogen-bond acceptors (Lipinski definition) is 4. The van der Waals surface area contributed by atoms with Gasteiger partial charge in [0.2, 0.25) is 10.0 Å². The summed E-state index contributed by atoms with van der Waals surface area (Å²) in [4.78, 5) is 24.1. The number of carbonyl (C=O) groups is 2. The van der Waals surface area contributed by atoms with Gasteiger partial charge < -0.3 is 10.4 Å². The number of aliphatic carboxylic acids is 1. The number of hydrogen-bond donors (Lipinski definition) is 2. The summed E-state index contributed by atoms with van der Waals surface area (Å²) in [7, 11) is -0.712. The van der Waals surface area contributed by atoms with Gasteiger partial charge in [-0.05, 0) is 37.1 Å². The third-order valence-electron chi connectivity index (χ3n) is 4.36. The minimum atomic E-state index is -3.56. The normalized spacial score (nSPS) is 17.5. The van der Waals surface area contributed by atoms with Crippen LogP contribution in [-0.4, -0.2) is 49.3 Å². The predicted molar refractivity (Wildman–Crippen MR) is 88.2 cm³/mol. The Labute approximate surface area is 141 Å². The largest absolute Gasteiger partial charge is 0.480 e. The molecule has 0 spiro atoms. The summed E-state index contributed by atoms with van der Waals surface area (Å²) in [6, 6.07) is 5.48. The molecule has 1 aliphatic carbocycles. The Bertz CT molecular complexity index is 719. The zero-order valence-corrected chi connectivity index (χ0v) is 14.6. The number of nitrogens with zero attached hydrogens (tertiary/aromatic N) is 1. The van der Waals surface area contributed by atoms with Crippen molar-refractivity contribution in [2.75, 3.05) is 14.1 Å². The van der Waals surface area contributed by atoms with Crippen molar-refractivity contribution in [1.82, 2.24) is 9.62 Å². The Morgan fingerprint density at radius 1 is 1.08 bits per heavy atom. The summed E-state index contributed by atoms with van der Waals surface area (Å²) in [5.41, 5.74) is -0.997. The average molecular weight is 354 g/mol. The molecule has 1 aromatic carbocycles. The Morgan fingerprint density at radius 3 is 2.08 bits per heavy atom. The molecule has 132 valence electrons. The number of amides is 1. The zero-order chi connectivity index (χ0) is 18.0. The molecule has 2 rings (SSSR count). The highest BCUT2D eigenvalue weighted by atomic mass is 32.2. The summed E-state index contributed by atoms with van der Waals surface area (Å²) in [6.07, 6.45) is 3.28. The highest BCUT2D eigenvalue weighted by Crippen LogP contribution is 2.29. The molecular formula is C16H22N2O5S. The van der Waals surface area contributed by atoms with Crippen molar-refractivity contribution in [3.8, 4) is 0 Å². The highest BCUT2D eigenvalue weighted by molar-refractivity contribution is 7.89. The van der Waals surface area contributed by atoms with Crippen molar-refractivity contribution in [3.63, 3.8) is 0 Å². The van der Waals surface area contributed by atoms with Gasteiger partial charge in [-0.15, -0.1) is 0 Å². The Hall–Kier alpha value is -1.93. The van der Waals surface area contributed by atoms with Gasteiger partial charge >= 0.3 is 5.97 Å². The molecule has 0 saturated heterocycles. The molecule has 0 heterocycles. The maximum atomic E-state index is 12.4. The number of carbonyl (C=O) groups excluding carboxylic acids is 1. The van der Waals surface area contributed by atoms with E-state index in [1.165, 1.54) is 38.4 Å². The molecule has 8 heteroatoms. The van der Waals surface area contributed by atoms with Crippen molar-refractivity contribution in [2.24, 2.45) is 0 Å². The number of nitrogens with one attached hydrogen (secondary N) is 1. The first-order chi connectivity index (χ1) is 11.2. The molecule has 0 bridgehead atoms. The molecule has 0 aliphatic heterocycles. The van der Waals surface area contributed by atoms with Crippen molar-refractivity contribution in [3.05, 3.63) is 29.8 Å². The molecule has 0 atom stereocenters. The maximum Gasteiger partial charge on any atom is 0.329 e. The lowest BCUT2D eigenvalue weighted by atomic mass is 9.81. The van der Waals surface area contributed by atoms with Crippen LogP contribution in [0.3, 0.4) is 0 Å². The van der Waals surface area contributed by atoms with Crippen LogP contribution >= 0.6 is 0 Å². The van der Waals surface area contributed by atoms with Crippen LogP contribution in [0.1, 0.15) is 42.5 Å². The summed E-state index contributed by atoms with van der Waals surface area (Å²) in [5, 5.41) is 12.1. The van der Waals surface area contributed by atoms with Crippen molar-refractivity contribution in [1.29, 1.82) is 0 Å². The van der Waals surface area contributed by atoms with Crippen LogP contribution in [0.5, 0.6) is 0 Å². The predicted octanol–water partition coefficient (Wildman–Crippen LogP) is 1.45.